The van der Waals surface area contributed by atoms with Crippen molar-refractivity contribution in [3.8, 4) is 0 Å². The van der Waals surface area contributed by atoms with E-state index in [1.54, 1.807) is 7.11 Å². The Kier molecular flexibility index (Phi) is 4.29. The molecule has 0 saturated heterocycles. The van der Waals surface area contributed by atoms with Gasteiger partial charge in [0.2, 0.25) is 0 Å². The Morgan fingerprint density at radius 3 is 2.67 bits per heavy atom. The molecule has 0 aliphatic carbocycles. The van der Waals surface area contributed by atoms with Crippen molar-refractivity contribution in [1.29, 1.82) is 0 Å². The van der Waals surface area contributed by atoms with Gasteiger partial charge < -0.3 is 15.0 Å². The molecule has 0 aromatic carbocycles. The number of nitrogens with zero attached hydrogens (tertiary/aromatic N) is 2. The minimum absolute atomic E-state index is 0.0385. The van der Waals surface area contributed by atoms with Gasteiger partial charge in [0, 0.05) is 25.9 Å². The van der Waals surface area contributed by atoms with Crippen molar-refractivity contribution in [3.05, 3.63) is 18.2 Å². The van der Waals surface area contributed by atoms with Crippen LogP contribution in [0.25, 0.3) is 0 Å². The molecule has 4 heteroatoms. The molecule has 0 aliphatic heterocycles. The molecule has 1 aromatic heterocycles. The molecular formula is C11H21N3O. The fourth-order valence-electron chi connectivity index (χ4n) is 1.45. The number of rotatable bonds is 5. The van der Waals surface area contributed by atoms with E-state index in [1.807, 2.05) is 19.4 Å². The predicted molar refractivity (Wildman–Crippen MR) is 60.5 cm³/mol. The highest BCUT2D eigenvalue weighted by molar-refractivity contribution is 5.05. The van der Waals surface area contributed by atoms with E-state index in [1.165, 1.54) is 0 Å². The molecule has 0 bridgehead atoms. The van der Waals surface area contributed by atoms with Crippen LogP contribution in [0.4, 0.5) is 0 Å². The van der Waals surface area contributed by atoms with Crippen LogP contribution < -0.4 is 5.73 Å². The molecule has 2 unspecified atom stereocenters. The van der Waals surface area contributed by atoms with E-state index in [0.717, 1.165) is 12.2 Å². The molecule has 0 saturated carbocycles. The summed E-state index contributed by atoms with van der Waals surface area (Å²) >= 11 is 0. The summed E-state index contributed by atoms with van der Waals surface area (Å²) in [5, 5.41) is 0. The number of nitrogens with two attached hydrogens (primary N) is 1. The zero-order chi connectivity index (χ0) is 11.4. The molecular weight excluding hydrogens is 190 g/mol. The van der Waals surface area contributed by atoms with Gasteiger partial charge in [-0.3, -0.25) is 0 Å². The zero-order valence-electron chi connectivity index (χ0n) is 9.97. The zero-order valence-corrected chi connectivity index (χ0v) is 9.97. The summed E-state index contributed by atoms with van der Waals surface area (Å²) < 4.78 is 7.30. The molecule has 0 fully saturated rings. The number of aromatic nitrogens is 2. The van der Waals surface area contributed by atoms with Gasteiger partial charge in [0.05, 0.1) is 18.1 Å². The summed E-state index contributed by atoms with van der Waals surface area (Å²) in [6, 6.07) is 0.0385. The second-order valence-electron chi connectivity index (χ2n) is 4.29. The Labute approximate surface area is 91.4 Å². The van der Waals surface area contributed by atoms with Crippen LogP contribution in [-0.4, -0.2) is 22.8 Å². The van der Waals surface area contributed by atoms with Crippen molar-refractivity contribution in [3.63, 3.8) is 0 Å². The second-order valence-corrected chi connectivity index (χ2v) is 4.29. The number of methoxy groups -OCH3 is 1. The molecule has 4 nitrogen and oxygen atoms in total. The number of hydrogen-bond donors (Lipinski definition) is 1. The first-order valence-corrected chi connectivity index (χ1v) is 5.34. The maximum Gasteiger partial charge on any atom is 0.0949 e. The Hall–Kier alpha value is -0.870. The fraction of sp³-hybridized carbons (Fsp3) is 0.727. The third-order valence-corrected chi connectivity index (χ3v) is 2.66. The lowest BCUT2D eigenvalue weighted by molar-refractivity contribution is 0.102. The number of imidazole rings is 1. The smallest absolute Gasteiger partial charge is 0.0949 e. The van der Waals surface area contributed by atoms with E-state index < -0.39 is 0 Å². The molecule has 15 heavy (non-hydrogen) atoms. The SMILES string of the molecule is COC(C)Cn1cncc1C(N)C(C)C. The molecule has 1 rings (SSSR count). The summed E-state index contributed by atoms with van der Waals surface area (Å²) in [4.78, 5) is 4.14. The Morgan fingerprint density at radius 2 is 2.13 bits per heavy atom. The van der Waals surface area contributed by atoms with E-state index in [2.05, 4.69) is 23.4 Å². The maximum absolute atomic E-state index is 6.10. The molecule has 2 atom stereocenters. The lowest BCUT2D eigenvalue weighted by Gasteiger charge is -2.19. The first kappa shape index (κ1) is 12.2. The van der Waals surface area contributed by atoms with Crippen molar-refractivity contribution < 1.29 is 4.74 Å². The van der Waals surface area contributed by atoms with Crippen LogP contribution in [-0.2, 0) is 11.3 Å². The molecule has 86 valence electrons. The molecule has 0 aliphatic rings. The quantitative estimate of drug-likeness (QED) is 0.804. The van der Waals surface area contributed by atoms with Crippen molar-refractivity contribution in [1.82, 2.24) is 9.55 Å². The van der Waals surface area contributed by atoms with Gasteiger partial charge in [-0.05, 0) is 12.8 Å². The maximum atomic E-state index is 6.10. The summed E-state index contributed by atoms with van der Waals surface area (Å²) in [7, 11) is 1.71. The van der Waals surface area contributed by atoms with E-state index in [9.17, 15) is 0 Å². The topological polar surface area (TPSA) is 53.1 Å². The van der Waals surface area contributed by atoms with Crippen LogP contribution in [0.5, 0.6) is 0 Å². The molecule has 0 spiro atoms. The minimum atomic E-state index is 0.0385. The minimum Gasteiger partial charge on any atom is -0.380 e. The summed E-state index contributed by atoms with van der Waals surface area (Å²) in [6.45, 7) is 7.06. The predicted octanol–water partition coefficient (Wildman–Crippen LogP) is 1.57. The second kappa shape index (κ2) is 5.28. The van der Waals surface area contributed by atoms with Crippen LogP contribution in [0.3, 0.4) is 0 Å². The first-order valence-electron chi connectivity index (χ1n) is 5.34. The molecule has 1 aromatic rings. The average molecular weight is 211 g/mol. The first-order chi connectivity index (χ1) is 7.06. The summed E-state index contributed by atoms with van der Waals surface area (Å²) in [6.07, 6.45) is 3.83. The van der Waals surface area contributed by atoms with Crippen LogP contribution in [0.15, 0.2) is 12.5 Å². The fourth-order valence-corrected chi connectivity index (χ4v) is 1.45. The largest absolute Gasteiger partial charge is 0.380 e. The molecule has 2 N–H and O–H groups in total. The lowest BCUT2D eigenvalue weighted by Crippen LogP contribution is -2.23. The van der Waals surface area contributed by atoms with Crippen molar-refractivity contribution in [2.45, 2.75) is 39.5 Å². The summed E-state index contributed by atoms with van der Waals surface area (Å²) in [5.41, 5.74) is 7.18. The standard InChI is InChI=1S/C11H21N3O/c1-8(2)11(12)10-5-13-7-14(10)6-9(3)15-4/h5,7-9,11H,6,12H2,1-4H3. The van der Waals surface area contributed by atoms with Gasteiger partial charge >= 0.3 is 0 Å². The van der Waals surface area contributed by atoms with Crippen LogP contribution in [0.1, 0.15) is 32.5 Å². The van der Waals surface area contributed by atoms with Crippen LogP contribution in [0, 0.1) is 5.92 Å². The Morgan fingerprint density at radius 1 is 1.47 bits per heavy atom. The number of hydrogen-bond acceptors (Lipinski definition) is 3. The highest BCUT2D eigenvalue weighted by Crippen LogP contribution is 2.18. The lowest BCUT2D eigenvalue weighted by atomic mass is 10.0. The molecule has 1 heterocycles. The third kappa shape index (κ3) is 3.04. The monoisotopic (exact) mass is 211 g/mol. The van der Waals surface area contributed by atoms with Gasteiger partial charge in [-0.15, -0.1) is 0 Å². The van der Waals surface area contributed by atoms with Crippen LogP contribution in [0.2, 0.25) is 0 Å². The molecule has 0 amide bonds. The highest BCUT2D eigenvalue weighted by Gasteiger charge is 2.15. The van der Waals surface area contributed by atoms with Gasteiger partial charge in [0.15, 0.2) is 0 Å². The number of ether oxygens (including phenoxy) is 1. The summed E-state index contributed by atoms with van der Waals surface area (Å²) in [5.74, 6) is 0.415. The average Bonchev–Trinajstić information content (AvgIpc) is 2.64. The highest BCUT2D eigenvalue weighted by atomic mass is 16.5. The van der Waals surface area contributed by atoms with E-state index in [4.69, 9.17) is 10.5 Å². The van der Waals surface area contributed by atoms with E-state index >= 15 is 0 Å². The van der Waals surface area contributed by atoms with Crippen molar-refractivity contribution >= 4 is 0 Å². The normalized spacial score (nSPS) is 15.6. The molecule has 0 radical (unpaired) electrons. The van der Waals surface area contributed by atoms with Crippen LogP contribution >= 0.6 is 0 Å². The van der Waals surface area contributed by atoms with E-state index in [-0.39, 0.29) is 12.1 Å². The van der Waals surface area contributed by atoms with Gasteiger partial charge in [-0.2, -0.15) is 0 Å². The van der Waals surface area contributed by atoms with Gasteiger partial charge in [-0.1, -0.05) is 13.8 Å². The van der Waals surface area contributed by atoms with E-state index in [0.29, 0.717) is 5.92 Å². The van der Waals surface area contributed by atoms with Crippen molar-refractivity contribution in [2.24, 2.45) is 11.7 Å². The Bertz CT molecular complexity index is 296. The van der Waals surface area contributed by atoms with Gasteiger partial charge in [-0.25, -0.2) is 4.98 Å². The van der Waals surface area contributed by atoms with Gasteiger partial charge in [0.25, 0.3) is 0 Å². The third-order valence-electron chi connectivity index (χ3n) is 2.66. The van der Waals surface area contributed by atoms with Gasteiger partial charge in [0.1, 0.15) is 0 Å². The Balaban J connectivity index is 2.77. The van der Waals surface area contributed by atoms with Crippen molar-refractivity contribution in [2.75, 3.05) is 7.11 Å².